The number of furan rings is 1. The average molecular weight is 312 g/mol. The summed E-state index contributed by atoms with van der Waals surface area (Å²) in [5.74, 6) is 0. The third kappa shape index (κ3) is 2.68. The van der Waals surface area contributed by atoms with Crippen LogP contribution in [0.25, 0.3) is 11.0 Å². The van der Waals surface area contributed by atoms with Gasteiger partial charge in [0.25, 0.3) is 0 Å². The molecule has 0 aliphatic carbocycles. The number of anilines is 3. The Kier molecular flexibility index (Phi) is 3.81. The summed E-state index contributed by atoms with van der Waals surface area (Å²) in [7, 11) is 0.978. The van der Waals surface area contributed by atoms with Crippen LogP contribution in [0.4, 0.5) is 17.1 Å². The Bertz CT molecular complexity index is 912. The van der Waals surface area contributed by atoms with Crippen molar-refractivity contribution in [2.24, 2.45) is 0 Å². The predicted octanol–water partition coefficient (Wildman–Crippen LogP) is 4.14. The first kappa shape index (κ1) is 14.6. The van der Waals surface area contributed by atoms with E-state index < -0.39 is 0 Å². The molecule has 4 heteroatoms. The van der Waals surface area contributed by atoms with Crippen molar-refractivity contribution in [2.75, 3.05) is 4.90 Å². The molecule has 0 saturated carbocycles. The van der Waals surface area contributed by atoms with E-state index in [1.807, 2.05) is 54.6 Å². The zero-order valence-electron chi connectivity index (χ0n) is 13.0. The summed E-state index contributed by atoms with van der Waals surface area (Å²) in [4.78, 5) is 2.19. The lowest BCUT2D eigenvalue weighted by Gasteiger charge is -2.25. The molecule has 4 aromatic rings. The molecule has 0 aliphatic heterocycles. The van der Waals surface area contributed by atoms with Gasteiger partial charge in [-0.25, -0.2) is 0 Å². The molecule has 1 heterocycles. The lowest BCUT2D eigenvalue weighted by molar-refractivity contribution is 0.584. The highest BCUT2D eigenvalue weighted by atomic mass is 16.3. The molecule has 0 unspecified atom stereocenters. The fourth-order valence-electron chi connectivity index (χ4n) is 2.86. The highest BCUT2D eigenvalue weighted by Gasteiger charge is 2.13. The Morgan fingerprint density at radius 1 is 0.708 bits per heavy atom. The maximum Gasteiger partial charge on any atom is 0.373 e. The van der Waals surface area contributed by atoms with Gasteiger partial charge in [-0.3, -0.25) is 0 Å². The van der Waals surface area contributed by atoms with Crippen molar-refractivity contribution in [2.45, 2.75) is 0 Å². The van der Waals surface area contributed by atoms with Gasteiger partial charge in [0.1, 0.15) is 5.58 Å². The van der Waals surface area contributed by atoms with Crippen LogP contribution in [0, 0.1) is 0 Å². The lowest BCUT2D eigenvalue weighted by Crippen LogP contribution is -2.09. The summed E-state index contributed by atoms with van der Waals surface area (Å²) in [6, 6.07) is 28.3. The summed E-state index contributed by atoms with van der Waals surface area (Å²) < 4.78 is 5.54. The third-order valence-electron chi connectivity index (χ3n) is 3.93. The van der Waals surface area contributed by atoms with Crippen molar-refractivity contribution in [3.05, 3.63) is 84.9 Å². The standard InChI is InChI=1S/C20H15BNO2/c23-21-20-14-15-13-18(11-12-19(15)24-20)22(16-7-3-1-4-8-16)17-9-5-2-6-10-17/h1-14,23H. The molecular weight excluding hydrogens is 297 g/mol. The fraction of sp³-hybridized carbons (Fsp3) is 0. The van der Waals surface area contributed by atoms with Crippen LogP contribution in [0.2, 0.25) is 0 Å². The second kappa shape index (κ2) is 6.26. The van der Waals surface area contributed by atoms with Crippen LogP contribution in [0.3, 0.4) is 0 Å². The van der Waals surface area contributed by atoms with Crippen molar-refractivity contribution in [3.8, 4) is 0 Å². The first-order chi connectivity index (χ1) is 11.8. The molecule has 1 aromatic heterocycles. The third-order valence-corrected chi connectivity index (χ3v) is 3.93. The van der Waals surface area contributed by atoms with Gasteiger partial charge in [0.2, 0.25) is 0 Å². The molecule has 0 bridgehead atoms. The molecule has 0 atom stereocenters. The Balaban J connectivity index is 1.87. The van der Waals surface area contributed by atoms with Crippen LogP contribution in [0.5, 0.6) is 0 Å². The van der Waals surface area contributed by atoms with Gasteiger partial charge in [-0.15, -0.1) is 0 Å². The molecule has 0 amide bonds. The Morgan fingerprint density at radius 3 is 1.92 bits per heavy atom. The molecular formula is C20H15BNO2. The number of nitrogens with zero attached hydrogens (tertiary/aromatic N) is 1. The van der Waals surface area contributed by atoms with Crippen LogP contribution >= 0.6 is 0 Å². The predicted molar refractivity (Wildman–Crippen MR) is 98.5 cm³/mol. The minimum Gasteiger partial charge on any atom is -0.469 e. The van der Waals surface area contributed by atoms with Crippen molar-refractivity contribution >= 4 is 41.2 Å². The monoisotopic (exact) mass is 312 g/mol. The average Bonchev–Trinajstić information content (AvgIpc) is 3.06. The van der Waals surface area contributed by atoms with E-state index in [0.717, 1.165) is 35.5 Å². The van der Waals surface area contributed by atoms with E-state index in [1.165, 1.54) is 0 Å². The molecule has 115 valence electrons. The summed E-state index contributed by atoms with van der Waals surface area (Å²) in [6.07, 6.45) is 0. The topological polar surface area (TPSA) is 36.6 Å². The van der Waals surface area contributed by atoms with Gasteiger partial charge in [-0.05, 0) is 48.5 Å². The number of para-hydroxylation sites is 2. The van der Waals surface area contributed by atoms with E-state index in [-0.39, 0.29) is 0 Å². The van der Waals surface area contributed by atoms with E-state index in [0.29, 0.717) is 5.66 Å². The summed E-state index contributed by atoms with van der Waals surface area (Å²) in [6.45, 7) is 0. The van der Waals surface area contributed by atoms with Crippen LogP contribution in [0.15, 0.2) is 89.3 Å². The summed E-state index contributed by atoms with van der Waals surface area (Å²) in [5.41, 5.74) is 4.40. The highest BCUT2D eigenvalue weighted by molar-refractivity contribution is 6.44. The van der Waals surface area contributed by atoms with Gasteiger partial charge in [-0.2, -0.15) is 0 Å². The zero-order valence-corrected chi connectivity index (χ0v) is 13.0. The van der Waals surface area contributed by atoms with E-state index in [2.05, 4.69) is 35.2 Å². The van der Waals surface area contributed by atoms with Gasteiger partial charge in [0.05, 0.1) is 5.66 Å². The van der Waals surface area contributed by atoms with Crippen LogP contribution in [-0.4, -0.2) is 12.5 Å². The van der Waals surface area contributed by atoms with E-state index in [4.69, 9.17) is 9.44 Å². The van der Waals surface area contributed by atoms with E-state index >= 15 is 0 Å². The zero-order chi connectivity index (χ0) is 16.4. The molecule has 0 aliphatic rings. The SMILES string of the molecule is O[B]c1cc2cc(N(c3ccccc3)c3ccccc3)ccc2o1. The number of hydrogen-bond acceptors (Lipinski definition) is 3. The van der Waals surface area contributed by atoms with Gasteiger partial charge in [-0.1, -0.05) is 36.4 Å². The van der Waals surface area contributed by atoms with E-state index in [1.54, 1.807) is 0 Å². The summed E-state index contributed by atoms with van der Waals surface area (Å²) >= 11 is 0. The molecule has 0 spiro atoms. The molecule has 4 rings (SSSR count). The number of benzene rings is 3. The maximum atomic E-state index is 9.14. The number of rotatable bonds is 4. The molecule has 0 fully saturated rings. The smallest absolute Gasteiger partial charge is 0.373 e. The van der Waals surface area contributed by atoms with Gasteiger partial charge in [0.15, 0.2) is 0 Å². The number of fused-ring (bicyclic) bond motifs is 1. The Labute approximate surface area is 141 Å². The lowest BCUT2D eigenvalue weighted by atomic mass is 9.98. The Morgan fingerprint density at radius 2 is 1.33 bits per heavy atom. The summed E-state index contributed by atoms with van der Waals surface area (Å²) in [5, 5.41) is 10.1. The van der Waals surface area contributed by atoms with Crippen LogP contribution < -0.4 is 10.6 Å². The minimum atomic E-state index is 0.452. The first-order valence-electron chi connectivity index (χ1n) is 7.76. The van der Waals surface area contributed by atoms with Crippen molar-refractivity contribution in [1.29, 1.82) is 0 Å². The van der Waals surface area contributed by atoms with Gasteiger partial charge in [0, 0.05) is 22.4 Å². The normalized spacial score (nSPS) is 10.7. The van der Waals surface area contributed by atoms with Gasteiger partial charge < -0.3 is 14.3 Å². The molecule has 3 aromatic carbocycles. The molecule has 0 saturated heterocycles. The first-order valence-corrected chi connectivity index (χ1v) is 7.76. The van der Waals surface area contributed by atoms with Crippen molar-refractivity contribution in [1.82, 2.24) is 0 Å². The fourth-order valence-corrected chi connectivity index (χ4v) is 2.86. The second-order valence-electron chi connectivity index (χ2n) is 5.51. The van der Waals surface area contributed by atoms with Crippen LogP contribution in [0.1, 0.15) is 0 Å². The highest BCUT2D eigenvalue weighted by Crippen LogP contribution is 2.35. The Hall–Kier alpha value is -2.98. The maximum absolute atomic E-state index is 9.14. The van der Waals surface area contributed by atoms with Gasteiger partial charge >= 0.3 is 7.48 Å². The molecule has 1 radical (unpaired) electrons. The van der Waals surface area contributed by atoms with E-state index in [9.17, 15) is 0 Å². The van der Waals surface area contributed by atoms with Crippen molar-refractivity contribution < 1.29 is 9.44 Å². The quantitative estimate of drug-likeness (QED) is 0.575. The largest absolute Gasteiger partial charge is 0.469 e. The van der Waals surface area contributed by atoms with Crippen molar-refractivity contribution in [3.63, 3.8) is 0 Å². The molecule has 3 nitrogen and oxygen atoms in total. The molecule has 1 N–H and O–H groups in total. The number of hydrogen-bond donors (Lipinski definition) is 1. The second-order valence-corrected chi connectivity index (χ2v) is 5.51. The minimum absolute atomic E-state index is 0.452. The van der Waals surface area contributed by atoms with Crippen LogP contribution in [-0.2, 0) is 0 Å². The molecule has 24 heavy (non-hydrogen) atoms.